The van der Waals surface area contributed by atoms with Crippen LogP contribution in [0.1, 0.15) is 23.6 Å². The molecule has 2 rings (SSSR count). The molecule has 3 nitrogen and oxygen atoms in total. The van der Waals surface area contributed by atoms with Gasteiger partial charge in [0.25, 0.3) is 0 Å². The maximum atomic E-state index is 14.5. The number of halogens is 7. The molecule has 0 fully saturated rings. The topological polar surface area (TPSA) is 40.5 Å². The first-order chi connectivity index (χ1) is 14.2. The molecule has 0 aliphatic rings. The Hall–Kier alpha value is -3.04. The van der Waals surface area contributed by atoms with Crippen molar-refractivity contribution in [3.05, 3.63) is 71.2 Å². The van der Waals surface area contributed by atoms with Crippen molar-refractivity contribution in [1.29, 1.82) is 0 Å². The number of amides is 1. The van der Waals surface area contributed by atoms with Crippen LogP contribution >= 0.6 is 0 Å². The van der Waals surface area contributed by atoms with Crippen molar-refractivity contribution in [1.82, 2.24) is 4.90 Å². The highest BCUT2D eigenvalue weighted by Crippen LogP contribution is 2.35. The number of carbonyl (C=O) groups is 1. The predicted octanol–water partition coefficient (Wildman–Crippen LogP) is 6.04. The van der Waals surface area contributed by atoms with Gasteiger partial charge in [-0.3, -0.25) is 4.79 Å². The van der Waals surface area contributed by atoms with Crippen LogP contribution in [0, 0.1) is 5.82 Å². The molecular formula is C21H18F7NO2. The second kappa shape index (κ2) is 8.99. The largest absolute Gasteiger partial charge is 0.513 e. The van der Waals surface area contributed by atoms with Crippen molar-refractivity contribution < 1.29 is 40.6 Å². The van der Waals surface area contributed by atoms with Gasteiger partial charge in [0.15, 0.2) is 0 Å². The number of alkyl halides is 6. The Morgan fingerprint density at radius 3 is 2.19 bits per heavy atom. The summed E-state index contributed by atoms with van der Waals surface area (Å²) in [6, 6.07) is 5.82. The fourth-order valence-corrected chi connectivity index (χ4v) is 2.99. The van der Waals surface area contributed by atoms with E-state index in [-0.39, 0.29) is 28.9 Å². The first-order valence-electron chi connectivity index (χ1n) is 8.85. The van der Waals surface area contributed by atoms with E-state index in [9.17, 15) is 40.6 Å². The molecule has 168 valence electrons. The highest BCUT2D eigenvalue weighted by atomic mass is 19.4. The minimum absolute atomic E-state index is 0.0586. The van der Waals surface area contributed by atoms with Gasteiger partial charge in [-0.25, -0.2) is 4.39 Å². The third-order valence-electron chi connectivity index (χ3n) is 4.34. The Bertz CT molecular complexity index is 981. The van der Waals surface area contributed by atoms with Gasteiger partial charge in [0, 0.05) is 25.5 Å². The quantitative estimate of drug-likeness (QED) is 0.432. The van der Waals surface area contributed by atoms with Crippen molar-refractivity contribution >= 4 is 5.91 Å². The summed E-state index contributed by atoms with van der Waals surface area (Å²) in [6.45, 7) is 1.67. The molecule has 2 aromatic carbocycles. The predicted molar refractivity (Wildman–Crippen MR) is 99.5 cm³/mol. The van der Waals surface area contributed by atoms with E-state index in [1.165, 1.54) is 12.1 Å². The number of carbonyl (C=O) groups excluding carboxylic acids is 1. The Kier molecular flexibility index (Phi) is 7.03. The van der Waals surface area contributed by atoms with Crippen LogP contribution < -0.4 is 0 Å². The number of nitrogens with zero attached hydrogens (tertiary/aromatic N) is 1. The number of allylic oxidation sites excluding steroid dienone is 1. The molecule has 0 atom stereocenters. The Morgan fingerprint density at radius 1 is 1.03 bits per heavy atom. The van der Waals surface area contributed by atoms with Crippen LogP contribution in [0.4, 0.5) is 30.7 Å². The van der Waals surface area contributed by atoms with Gasteiger partial charge < -0.3 is 10.0 Å². The smallest absolute Gasteiger partial charge is 0.416 e. The van der Waals surface area contributed by atoms with E-state index in [2.05, 4.69) is 6.58 Å². The normalized spacial score (nSPS) is 12.0. The molecule has 0 saturated heterocycles. The Morgan fingerprint density at radius 2 is 1.68 bits per heavy atom. The number of hydrogen-bond acceptors (Lipinski definition) is 2. The van der Waals surface area contributed by atoms with Gasteiger partial charge >= 0.3 is 12.4 Å². The van der Waals surface area contributed by atoms with Gasteiger partial charge in [-0.15, -0.1) is 0 Å². The summed E-state index contributed by atoms with van der Waals surface area (Å²) in [5.41, 5.74) is -1.37. The average molecular weight is 449 g/mol. The van der Waals surface area contributed by atoms with Crippen molar-refractivity contribution in [3.8, 4) is 11.1 Å². The second-order valence-electron chi connectivity index (χ2n) is 6.92. The van der Waals surface area contributed by atoms with E-state index < -0.39 is 42.7 Å². The summed E-state index contributed by atoms with van der Waals surface area (Å²) in [6.07, 6.45) is -9.63. The van der Waals surface area contributed by atoms with Gasteiger partial charge in [-0.2, -0.15) is 26.3 Å². The van der Waals surface area contributed by atoms with Crippen LogP contribution in [0.2, 0.25) is 0 Å². The van der Waals surface area contributed by atoms with Crippen LogP contribution in [0.25, 0.3) is 11.1 Å². The fourth-order valence-electron chi connectivity index (χ4n) is 2.99. The molecule has 0 aliphatic heterocycles. The highest BCUT2D eigenvalue weighted by Gasteiger charge is 2.34. The molecule has 0 heterocycles. The molecule has 0 unspecified atom stereocenters. The first-order valence-corrected chi connectivity index (χ1v) is 8.85. The summed E-state index contributed by atoms with van der Waals surface area (Å²) in [5, 5.41) is 9.34. The molecule has 1 amide bonds. The molecule has 31 heavy (non-hydrogen) atoms. The number of aliphatic hydroxyl groups is 1. The van der Waals surface area contributed by atoms with Crippen LogP contribution in [0.5, 0.6) is 0 Å². The minimum atomic E-state index is -4.80. The molecule has 0 radical (unpaired) electrons. The van der Waals surface area contributed by atoms with Gasteiger partial charge in [0.2, 0.25) is 5.91 Å². The lowest BCUT2D eigenvalue weighted by atomic mass is 9.94. The minimum Gasteiger partial charge on any atom is -0.513 e. The van der Waals surface area contributed by atoms with E-state index in [1.54, 1.807) is 0 Å². The Balaban J connectivity index is 2.63. The second-order valence-corrected chi connectivity index (χ2v) is 6.92. The molecule has 0 aromatic heterocycles. The summed E-state index contributed by atoms with van der Waals surface area (Å²) < 4.78 is 92.6. The molecule has 0 spiro atoms. The average Bonchev–Trinajstić information content (AvgIpc) is 2.60. The van der Waals surface area contributed by atoms with Gasteiger partial charge in [-0.1, -0.05) is 18.7 Å². The summed E-state index contributed by atoms with van der Waals surface area (Å²) >= 11 is 0. The zero-order chi connectivity index (χ0) is 23.6. The highest BCUT2D eigenvalue weighted by molar-refractivity contribution is 5.75. The van der Waals surface area contributed by atoms with Crippen molar-refractivity contribution in [3.63, 3.8) is 0 Å². The molecule has 0 bridgehead atoms. The maximum Gasteiger partial charge on any atom is 0.416 e. The molecule has 10 heteroatoms. The maximum absolute atomic E-state index is 14.5. The fraction of sp³-hybridized carbons (Fsp3) is 0.286. The molecule has 2 aromatic rings. The van der Waals surface area contributed by atoms with Crippen molar-refractivity contribution in [2.45, 2.75) is 32.2 Å². The van der Waals surface area contributed by atoms with E-state index in [1.807, 2.05) is 0 Å². The van der Waals surface area contributed by atoms with E-state index in [0.29, 0.717) is 22.6 Å². The molecular weight excluding hydrogens is 431 g/mol. The SMILES string of the molecule is C=C(O)Cc1ccc(F)c(-c2ccc(C(F)(F)F)cc2CN(CC(F)(F)F)C(C)=O)c1. The molecule has 0 saturated carbocycles. The third kappa shape index (κ3) is 6.73. The zero-order valence-corrected chi connectivity index (χ0v) is 16.2. The summed E-state index contributed by atoms with van der Waals surface area (Å²) in [5.74, 6) is -2.08. The monoisotopic (exact) mass is 449 g/mol. The zero-order valence-electron chi connectivity index (χ0n) is 16.2. The van der Waals surface area contributed by atoms with Crippen LogP contribution in [0.3, 0.4) is 0 Å². The van der Waals surface area contributed by atoms with E-state index in [4.69, 9.17) is 0 Å². The number of hydrogen-bond donors (Lipinski definition) is 1. The summed E-state index contributed by atoms with van der Waals surface area (Å²) in [7, 11) is 0. The summed E-state index contributed by atoms with van der Waals surface area (Å²) in [4.78, 5) is 12.0. The van der Waals surface area contributed by atoms with Crippen LogP contribution in [-0.4, -0.2) is 28.6 Å². The van der Waals surface area contributed by atoms with E-state index in [0.717, 1.165) is 19.1 Å². The van der Waals surface area contributed by atoms with Gasteiger partial charge in [-0.05, 0) is 41.0 Å². The lowest BCUT2D eigenvalue weighted by Gasteiger charge is -2.25. The third-order valence-corrected chi connectivity index (χ3v) is 4.34. The molecule has 1 N–H and O–H groups in total. The number of rotatable bonds is 6. The lowest BCUT2D eigenvalue weighted by Crippen LogP contribution is -2.37. The molecule has 0 aliphatic carbocycles. The van der Waals surface area contributed by atoms with Crippen molar-refractivity contribution in [2.24, 2.45) is 0 Å². The first kappa shape index (κ1) is 24.2. The Labute approximate surface area is 173 Å². The number of aliphatic hydroxyl groups excluding tert-OH is 1. The van der Waals surface area contributed by atoms with Crippen LogP contribution in [-0.2, 0) is 23.9 Å². The number of benzene rings is 2. The van der Waals surface area contributed by atoms with Gasteiger partial charge in [0.1, 0.15) is 12.4 Å². The lowest BCUT2D eigenvalue weighted by molar-refractivity contribution is -0.161. The van der Waals surface area contributed by atoms with Crippen molar-refractivity contribution in [2.75, 3.05) is 6.54 Å². The van der Waals surface area contributed by atoms with Gasteiger partial charge in [0.05, 0.1) is 11.3 Å². The van der Waals surface area contributed by atoms with Crippen LogP contribution in [0.15, 0.2) is 48.7 Å². The van der Waals surface area contributed by atoms with E-state index >= 15 is 0 Å². The standard InChI is InChI=1S/C21H18F7NO2/c1-12(30)7-14-3-6-19(22)18(8-14)17-5-4-16(21(26,27)28)9-15(17)10-29(13(2)31)11-20(23,24)25/h3-6,8-9,30H,1,7,10-11H2,2H3.